The second kappa shape index (κ2) is 4.97. The fourth-order valence-corrected chi connectivity index (χ4v) is 2.62. The van der Waals surface area contributed by atoms with Crippen LogP contribution in [0.4, 0.5) is 4.79 Å². The first kappa shape index (κ1) is 14.1. The highest BCUT2D eigenvalue weighted by Gasteiger charge is 2.41. The SMILES string of the molecule is CC1(O)CCN(C(=O)N2C[C@H](O)C[C@@H]2C(=O)O)CC1. The lowest BCUT2D eigenvalue weighted by atomic mass is 9.94. The number of carbonyl (C=O) groups is 2. The number of aliphatic hydroxyl groups is 2. The second-order valence-electron chi connectivity index (χ2n) is 5.66. The minimum absolute atomic E-state index is 0.0582. The number of urea groups is 1. The molecule has 0 unspecified atom stereocenters. The van der Waals surface area contributed by atoms with Gasteiger partial charge in [-0.15, -0.1) is 0 Å². The predicted octanol–water partition coefficient (Wildman–Crippen LogP) is -0.527. The van der Waals surface area contributed by atoms with Crippen molar-refractivity contribution in [3.63, 3.8) is 0 Å². The minimum Gasteiger partial charge on any atom is -0.480 e. The van der Waals surface area contributed by atoms with Crippen LogP contribution in [0, 0.1) is 0 Å². The van der Waals surface area contributed by atoms with E-state index in [1.54, 1.807) is 11.8 Å². The number of hydrogen-bond acceptors (Lipinski definition) is 4. The first-order valence-corrected chi connectivity index (χ1v) is 6.49. The van der Waals surface area contributed by atoms with Crippen molar-refractivity contribution >= 4 is 12.0 Å². The molecule has 7 heteroatoms. The van der Waals surface area contributed by atoms with Gasteiger partial charge in [-0.25, -0.2) is 9.59 Å². The van der Waals surface area contributed by atoms with Gasteiger partial charge in [0, 0.05) is 26.1 Å². The average molecular weight is 272 g/mol. The molecule has 108 valence electrons. The summed E-state index contributed by atoms with van der Waals surface area (Å²) >= 11 is 0. The summed E-state index contributed by atoms with van der Waals surface area (Å²) in [7, 11) is 0. The van der Waals surface area contributed by atoms with Crippen LogP contribution in [-0.4, -0.2) is 74.5 Å². The van der Waals surface area contributed by atoms with Crippen LogP contribution in [0.2, 0.25) is 0 Å². The number of carbonyl (C=O) groups excluding carboxylic acids is 1. The number of aliphatic carboxylic acids is 1. The molecule has 0 saturated carbocycles. The summed E-state index contributed by atoms with van der Waals surface area (Å²) in [5, 5.41) is 28.4. The monoisotopic (exact) mass is 272 g/mol. The van der Waals surface area contributed by atoms with Crippen LogP contribution >= 0.6 is 0 Å². The van der Waals surface area contributed by atoms with E-state index in [2.05, 4.69) is 0 Å². The van der Waals surface area contributed by atoms with E-state index in [1.165, 1.54) is 4.90 Å². The summed E-state index contributed by atoms with van der Waals surface area (Å²) in [6, 6.07) is -1.32. The average Bonchev–Trinajstić information content (AvgIpc) is 2.70. The lowest BCUT2D eigenvalue weighted by Crippen LogP contribution is -2.52. The summed E-state index contributed by atoms with van der Waals surface area (Å²) in [5.41, 5.74) is -0.756. The molecule has 0 aromatic carbocycles. The maximum Gasteiger partial charge on any atom is 0.326 e. The van der Waals surface area contributed by atoms with Gasteiger partial charge in [0.1, 0.15) is 6.04 Å². The van der Waals surface area contributed by atoms with Crippen molar-refractivity contribution in [3.05, 3.63) is 0 Å². The highest BCUT2D eigenvalue weighted by molar-refractivity contribution is 5.83. The number of nitrogens with zero attached hydrogens (tertiary/aromatic N) is 2. The summed E-state index contributed by atoms with van der Waals surface area (Å²) in [4.78, 5) is 26.1. The Morgan fingerprint density at radius 3 is 2.37 bits per heavy atom. The molecule has 3 N–H and O–H groups in total. The van der Waals surface area contributed by atoms with Gasteiger partial charge >= 0.3 is 12.0 Å². The Bertz CT molecular complexity index is 374. The molecule has 0 radical (unpaired) electrons. The molecule has 0 aromatic heterocycles. The Kier molecular flexibility index (Phi) is 3.69. The van der Waals surface area contributed by atoms with E-state index in [4.69, 9.17) is 5.11 Å². The number of carboxylic acid groups (broad SMARTS) is 1. The summed E-state index contributed by atoms with van der Waals surface area (Å²) in [6.07, 6.45) is 0.254. The molecule has 7 nitrogen and oxygen atoms in total. The van der Waals surface area contributed by atoms with Gasteiger partial charge in [-0.1, -0.05) is 0 Å². The zero-order valence-corrected chi connectivity index (χ0v) is 10.9. The van der Waals surface area contributed by atoms with Crippen molar-refractivity contribution in [1.29, 1.82) is 0 Å². The van der Waals surface area contributed by atoms with Gasteiger partial charge in [-0.3, -0.25) is 0 Å². The Labute approximate surface area is 111 Å². The lowest BCUT2D eigenvalue weighted by Gasteiger charge is -2.38. The standard InChI is InChI=1S/C12H20N2O5/c1-12(19)2-4-13(5-3-12)11(18)14-7-8(15)6-9(14)10(16)17/h8-9,15,19H,2-7H2,1H3,(H,16,17)/t8-,9-/m1/s1. The van der Waals surface area contributed by atoms with Gasteiger partial charge in [0.05, 0.1) is 11.7 Å². The fourth-order valence-electron chi connectivity index (χ4n) is 2.62. The van der Waals surface area contributed by atoms with E-state index in [0.717, 1.165) is 0 Å². The molecule has 19 heavy (non-hydrogen) atoms. The molecular weight excluding hydrogens is 252 g/mol. The number of β-amino-alcohol motifs (C(OH)–C–C–N with tert-alkyl or cyclic N) is 1. The smallest absolute Gasteiger partial charge is 0.326 e. The lowest BCUT2D eigenvalue weighted by molar-refractivity contribution is -0.141. The van der Waals surface area contributed by atoms with Gasteiger partial charge in [0.25, 0.3) is 0 Å². The highest BCUT2D eigenvalue weighted by Crippen LogP contribution is 2.25. The number of hydrogen-bond donors (Lipinski definition) is 3. The number of likely N-dealkylation sites (tertiary alicyclic amines) is 2. The van der Waals surface area contributed by atoms with Gasteiger partial charge < -0.3 is 25.1 Å². The molecule has 2 atom stereocenters. The van der Waals surface area contributed by atoms with Crippen LogP contribution in [0.1, 0.15) is 26.2 Å². The third-order valence-electron chi connectivity index (χ3n) is 3.92. The fraction of sp³-hybridized carbons (Fsp3) is 0.833. The van der Waals surface area contributed by atoms with E-state index in [0.29, 0.717) is 25.9 Å². The van der Waals surface area contributed by atoms with Crippen LogP contribution < -0.4 is 0 Å². The van der Waals surface area contributed by atoms with Crippen LogP contribution in [0.25, 0.3) is 0 Å². The molecule has 2 heterocycles. The third kappa shape index (κ3) is 2.98. The molecular formula is C12H20N2O5. The molecule has 2 rings (SSSR count). The number of rotatable bonds is 1. The van der Waals surface area contributed by atoms with Crippen LogP contribution in [0.15, 0.2) is 0 Å². The number of piperidine rings is 1. The largest absolute Gasteiger partial charge is 0.480 e. The molecule has 2 saturated heterocycles. The Balaban J connectivity index is 2.01. The van der Waals surface area contributed by atoms with E-state index in [9.17, 15) is 19.8 Å². The molecule has 2 fully saturated rings. The van der Waals surface area contributed by atoms with Crippen molar-refractivity contribution < 1.29 is 24.9 Å². The van der Waals surface area contributed by atoms with Gasteiger partial charge in [-0.05, 0) is 19.8 Å². The molecule has 0 aliphatic carbocycles. The molecule has 2 aliphatic rings. The number of aliphatic hydroxyl groups excluding tert-OH is 1. The van der Waals surface area contributed by atoms with Crippen molar-refractivity contribution in [1.82, 2.24) is 9.80 Å². The van der Waals surface area contributed by atoms with Gasteiger partial charge in [-0.2, -0.15) is 0 Å². The summed E-state index contributed by atoms with van der Waals surface area (Å²) < 4.78 is 0. The van der Waals surface area contributed by atoms with Crippen molar-refractivity contribution in [2.24, 2.45) is 0 Å². The molecule has 0 spiro atoms. The van der Waals surface area contributed by atoms with Gasteiger partial charge in [0.15, 0.2) is 0 Å². The highest BCUT2D eigenvalue weighted by atomic mass is 16.4. The number of carboxylic acids is 1. The summed E-state index contributed by atoms with van der Waals surface area (Å²) in [6.45, 7) is 2.60. The van der Waals surface area contributed by atoms with E-state index >= 15 is 0 Å². The Morgan fingerprint density at radius 1 is 1.26 bits per heavy atom. The van der Waals surface area contributed by atoms with Crippen molar-refractivity contribution in [3.8, 4) is 0 Å². The second-order valence-corrected chi connectivity index (χ2v) is 5.66. The van der Waals surface area contributed by atoms with Crippen LogP contribution in [0.5, 0.6) is 0 Å². The third-order valence-corrected chi connectivity index (χ3v) is 3.92. The van der Waals surface area contributed by atoms with E-state index in [-0.39, 0.29) is 19.0 Å². The van der Waals surface area contributed by atoms with Crippen LogP contribution in [0.3, 0.4) is 0 Å². The predicted molar refractivity (Wildman–Crippen MR) is 65.6 cm³/mol. The van der Waals surface area contributed by atoms with Gasteiger partial charge in [0.2, 0.25) is 0 Å². The Hall–Kier alpha value is -1.34. The molecule has 0 aromatic rings. The number of amides is 2. The molecule has 2 amide bonds. The maximum absolute atomic E-state index is 12.3. The summed E-state index contributed by atoms with van der Waals surface area (Å²) in [5.74, 6) is -1.09. The molecule has 0 bridgehead atoms. The zero-order chi connectivity index (χ0) is 14.2. The topological polar surface area (TPSA) is 101 Å². The quantitative estimate of drug-likeness (QED) is 0.596. The van der Waals surface area contributed by atoms with Crippen molar-refractivity contribution in [2.45, 2.75) is 43.9 Å². The van der Waals surface area contributed by atoms with Crippen molar-refractivity contribution in [2.75, 3.05) is 19.6 Å². The first-order chi connectivity index (χ1) is 8.80. The Morgan fingerprint density at radius 2 is 1.84 bits per heavy atom. The molecule has 2 aliphatic heterocycles. The van der Waals surface area contributed by atoms with E-state index in [1.807, 2.05) is 0 Å². The minimum atomic E-state index is -1.09. The van der Waals surface area contributed by atoms with E-state index < -0.39 is 23.7 Å². The normalized spacial score (nSPS) is 30.5. The van der Waals surface area contributed by atoms with Crippen LogP contribution in [-0.2, 0) is 4.79 Å². The first-order valence-electron chi connectivity index (χ1n) is 6.49. The zero-order valence-electron chi connectivity index (χ0n) is 10.9. The maximum atomic E-state index is 12.3.